The molecule has 6 heteroatoms. The van der Waals surface area contributed by atoms with Gasteiger partial charge in [0, 0.05) is 20.2 Å². The minimum absolute atomic E-state index is 0.198. The van der Waals surface area contributed by atoms with Gasteiger partial charge in [0.05, 0.1) is 12.2 Å². The molecule has 0 unspecified atom stereocenters. The van der Waals surface area contributed by atoms with Crippen molar-refractivity contribution in [2.24, 2.45) is 0 Å². The molecule has 0 aliphatic heterocycles. The average Bonchev–Trinajstić information content (AvgIpc) is 2.33. The fourth-order valence-corrected chi connectivity index (χ4v) is 1.65. The van der Waals surface area contributed by atoms with Gasteiger partial charge in [-0.3, -0.25) is 0 Å². The van der Waals surface area contributed by atoms with Gasteiger partial charge in [-0.2, -0.15) is 13.2 Å². The number of ether oxygens (including phenoxy) is 1. The second kappa shape index (κ2) is 7.40. The van der Waals surface area contributed by atoms with Crippen molar-refractivity contribution < 1.29 is 22.3 Å². The van der Waals surface area contributed by atoms with Crippen LogP contribution in [0.15, 0.2) is 23.8 Å². The van der Waals surface area contributed by atoms with Gasteiger partial charge in [-0.1, -0.05) is 11.6 Å². The summed E-state index contributed by atoms with van der Waals surface area (Å²) in [6, 6.07) is 2.50. The quantitative estimate of drug-likeness (QED) is 0.640. The molecule has 0 atom stereocenters. The molecule has 0 aliphatic carbocycles. The lowest BCUT2D eigenvalue weighted by molar-refractivity contribution is -0.137. The molecule has 0 amide bonds. The van der Waals surface area contributed by atoms with Gasteiger partial charge in [0.1, 0.15) is 5.82 Å². The van der Waals surface area contributed by atoms with Crippen molar-refractivity contribution in [3.05, 3.63) is 40.7 Å². The maximum absolute atomic E-state index is 13.2. The molecule has 0 spiro atoms. The maximum atomic E-state index is 13.2. The Labute approximate surface area is 115 Å². The van der Waals surface area contributed by atoms with Crippen molar-refractivity contribution in [3.8, 4) is 0 Å². The fraction of sp³-hybridized carbons (Fsp3) is 0.429. The topological polar surface area (TPSA) is 21.3 Å². The summed E-state index contributed by atoms with van der Waals surface area (Å²) in [6.45, 7) is 3.45. The van der Waals surface area contributed by atoms with Crippen LogP contribution in [0.25, 0.3) is 6.08 Å². The van der Waals surface area contributed by atoms with Crippen LogP contribution in [0.2, 0.25) is 0 Å². The molecular formula is C14H17F4NO. The Morgan fingerprint density at radius 1 is 1.30 bits per heavy atom. The van der Waals surface area contributed by atoms with Gasteiger partial charge in [0.2, 0.25) is 0 Å². The summed E-state index contributed by atoms with van der Waals surface area (Å²) in [5.41, 5.74) is 0.0205. The summed E-state index contributed by atoms with van der Waals surface area (Å²) in [5, 5.41) is 3.06. The minimum Gasteiger partial charge on any atom is -0.383 e. The molecule has 0 heterocycles. The van der Waals surface area contributed by atoms with E-state index >= 15 is 0 Å². The van der Waals surface area contributed by atoms with Crippen LogP contribution in [-0.4, -0.2) is 26.8 Å². The maximum Gasteiger partial charge on any atom is 0.416 e. The predicted octanol–water partition coefficient (Wildman–Crippen LogP) is 3.48. The van der Waals surface area contributed by atoms with Gasteiger partial charge >= 0.3 is 6.18 Å². The van der Waals surface area contributed by atoms with Crippen LogP contribution in [0.5, 0.6) is 0 Å². The largest absolute Gasteiger partial charge is 0.416 e. The number of hydrogen-bond donors (Lipinski definition) is 1. The molecule has 0 bridgehead atoms. The summed E-state index contributed by atoms with van der Waals surface area (Å²) in [7, 11) is 1.58. The van der Waals surface area contributed by atoms with E-state index in [1.165, 1.54) is 6.08 Å². The van der Waals surface area contributed by atoms with E-state index in [4.69, 9.17) is 4.74 Å². The summed E-state index contributed by atoms with van der Waals surface area (Å²) in [5.74, 6) is -0.897. The lowest BCUT2D eigenvalue weighted by Crippen LogP contribution is -2.20. The molecule has 112 valence electrons. The summed E-state index contributed by atoms with van der Waals surface area (Å²) >= 11 is 0. The zero-order chi connectivity index (χ0) is 15.2. The van der Waals surface area contributed by atoms with Crippen molar-refractivity contribution in [2.45, 2.75) is 13.1 Å². The molecule has 20 heavy (non-hydrogen) atoms. The zero-order valence-corrected chi connectivity index (χ0v) is 11.4. The third-order valence-corrected chi connectivity index (χ3v) is 2.55. The summed E-state index contributed by atoms with van der Waals surface area (Å²) < 4.78 is 55.7. The number of methoxy groups -OCH3 is 1. The van der Waals surface area contributed by atoms with E-state index < -0.39 is 17.6 Å². The first-order valence-electron chi connectivity index (χ1n) is 6.07. The van der Waals surface area contributed by atoms with Crippen LogP contribution in [-0.2, 0) is 10.9 Å². The lowest BCUT2D eigenvalue weighted by Gasteiger charge is -2.09. The monoisotopic (exact) mass is 291 g/mol. The molecule has 1 aromatic rings. The van der Waals surface area contributed by atoms with Crippen LogP contribution in [0.1, 0.15) is 18.1 Å². The number of hydrogen-bond acceptors (Lipinski definition) is 2. The third kappa shape index (κ3) is 5.71. The van der Waals surface area contributed by atoms with Gasteiger partial charge in [-0.15, -0.1) is 0 Å². The third-order valence-electron chi connectivity index (χ3n) is 2.55. The molecule has 1 N–H and O–H groups in total. The molecule has 0 saturated carbocycles. The van der Waals surface area contributed by atoms with E-state index in [0.717, 1.165) is 17.7 Å². The molecule has 0 aromatic heterocycles. The number of benzene rings is 1. The first-order chi connectivity index (χ1) is 9.32. The lowest BCUT2D eigenvalue weighted by atomic mass is 10.1. The van der Waals surface area contributed by atoms with Crippen LogP contribution in [0.4, 0.5) is 17.6 Å². The second-order valence-electron chi connectivity index (χ2n) is 4.43. The Hall–Kier alpha value is -1.40. The van der Waals surface area contributed by atoms with E-state index in [0.29, 0.717) is 25.8 Å². The van der Waals surface area contributed by atoms with Crippen molar-refractivity contribution in [2.75, 3.05) is 26.8 Å². The smallest absolute Gasteiger partial charge is 0.383 e. The molecule has 1 aromatic carbocycles. The zero-order valence-electron chi connectivity index (χ0n) is 11.4. The van der Waals surface area contributed by atoms with Crippen LogP contribution in [0.3, 0.4) is 0 Å². The number of rotatable bonds is 6. The fourth-order valence-electron chi connectivity index (χ4n) is 1.65. The van der Waals surface area contributed by atoms with Crippen LogP contribution < -0.4 is 5.32 Å². The van der Waals surface area contributed by atoms with Crippen molar-refractivity contribution in [3.63, 3.8) is 0 Å². The molecule has 0 radical (unpaired) electrons. The Bertz CT molecular complexity index is 469. The molecule has 0 fully saturated rings. The number of nitrogens with one attached hydrogen (secondary N) is 1. The predicted molar refractivity (Wildman–Crippen MR) is 69.8 cm³/mol. The Morgan fingerprint density at radius 2 is 2.00 bits per heavy atom. The SMILES string of the molecule is COCCNC/C(C)=C/c1cc(F)cc(C(F)(F)F)c1. The molecule has 2 nitrogen and oxygen atoms in total. The first kappa shape index (κ1) is 16.7. The van der Waals surface area contributed by atoms with E-state index in [9.17, 15) is 17.6 Å². The van der Waals surface area contributed by atoms with Crippen molar-refractivity contribution in [1.82, 2.24) is 5.32 Å². The van der Waals surface area contributed by atoms with Gasteiger partial charge in [0.15, 0.2) is 0 Å². The normalized spacial score (nSPS) is 12.8. The highest BCUT2D eigenvalue weighted by Crippen LogP contribution is 2.30. The Kier molecular flexibility index (Phi) is 6.16. The Morgan fingerprint density at radius 3 is 2.60 bits per heavy atom. The van der Waals surface area contributed by atoms with Gasteiger partial charge in [-0.25, -0.2) is 4.39 Å². The van der Waals surface area contributed by atoms with Crippen molar-refractivity contribution >= 4 is 6.08 Å². The van der Waals surface area contributed by atoms with Gasteiger partial charge in [-0.05, 0) is 30.7 Å². The van der Waals surface area contributed by atoms with Crippen LogP contribution in [0, 0.1) is 5.82 Å². The average molecular weight is 291 g/mol. The Balaban J connectivity index is 2.78. The molecule has 0 saturated heterocycles. The summed E-state index contributed by atoms with van der Waals surface area (Å²) in [4.78, 5) is 0. The van der Waals surface area contributed by atoms with Gasteiger partial charge in [0.25, 0.3) is 0 Å². The van der Waals surface area contributed by atoms with Crippen molar-refractivity contribution in [1.29, 1.82) is 0 Å². The number of alkyl halides is 3. The minimum atomic E-state index is -4.55. The highest BCUT2D eigenvalue weighted by molar-refractivity contribution is 5.54. The van der Waals surface area contributed by atoms with E-state index in [2.05, 4.69) is 5.32 Å². The standard InChI is InChI=1S/C14H17F4NO/c1-10(9-19-3-4-20-2)5-11-6-12(14(16,17)18)8-13(15)7-11/h5-8,19H,3-4,9H2,1-2H3/b10-5+. The molecule has 1 rings (SSSR count). The number of halogens is 4. The van der Waals surface area contributed by atoms with Crippen LogP contribution >= 0.6 is 0 Å². The highest BCUT2D eigenvalue weighted by Gasteiger charge is 2.31. The van der Waals surface area contributed by atoms with E-state index in [-0.39, 0.29) is 5.56 Å². The molecular weight excluding hydrogens is 274 g/mol. The second-order valence-corrected chi connectivity index (χ2v) is 4.43. The first-order valence-corrected chi connectivity index (χ1v) is 6.07. The molecule has 0 aliphatic rings. The van der Waals surface area contributed by atoms with E-state index in [1.807, 2.05) is 0 Å². The summed E-state index contributed by atoms with van der Waals surface area (Å²) in [6.07, 6.45) is -3.02. The van der Waals surface area contributed by atoms with E-state index in [1.54, 1.807) is 14.0 Å². The highest BCUT2D eigenvalue weighted by atomic mass is 19.4. The van der Waals surface area contributed by atoms with Gasteiger partial charge < -0.3 is 10.1 Å².